The summed E-state index contributed by atoms with van der Waals surface area (Å²) in [6.07, 6.45) is 3.77. The maximum absolute atomic E-state index is 12.5. The number of nitrogens with zero attached hydrogens (tertiary/aromatic N) is 3. The Bertz CT molecular complexity index is 852. The number of nitrogen functional groups attached to an aromatic ring is 1. The van der Waals surface area contributed by atoms with Crippen molar-refractivity contribution >= 4 is 5.69 Å². The van der Waals surface area contributed by atoms with Gasteiger partial charge in [-0.05, 0) is 70.3 Å². The highest BCUT2D eigenvalue weighted by Crippen LogP contribution is 2.08. The Kier molecular flexibility index (Phi) is 8.51. The van der Waals surface area contributed by atoms with E-state index in [9.17, 15) is 9.59 Å². The third-order valence-electron chi connectivity index (χ3n) is 5.14. The second kappa shape index (κ2) is 10.9. The van der Waals surface area contributed by atoms with Crippen LogP contribution in [-0.2, 0) is 25.9 Å². The van der Waals surface area contributed by atoms with Crippen LogP contribution in [0.2, 0.25) is 0 Å². The molecule has 2 aromatic rings. The van der Waals surface area contributed by atoms with Gasteiger partial charge in [0.15, 0.2) is 0 Å². The molecular formula is C22H34N4O2. The van der Waals surface area contributed by atoms with Gasteiger partial charge in [-0.2, -0.15) is 0 Å². The summed E-state index contributed by atoms with van der Waals surface area (Å²) in [5.41, 5.74) is 8.30. The number of hydrogen-bond donors (Lipinski definition) is 1. The van der Waals surface area contributed by atoms with Crippen molar-refractivity contribution in [2.75, 3.05) is 25.4 Å². The molecule has 6 nitrogen and oxygen atoms in total. The number of benzene rings is 1. The molecular weight excluding hydrogens is 352 g/mol. The molecule has 0 amide bonds. The Morgan fingerprint density at radius 1 is 0.893 bits per heavy atom. The van der Waals surface area contributed by atoms with Crippen molar-refractivity contribution in [1.29, 1.82) is 0 Å². The first-order valence-electron chi connectivity index (χ1n) is 10.4. The summed E-state index contributed by atoms with van der Waals surface area (Å²) in [6, 6.07) is 9.70. The predicted molar refractivity (Wildman–Crippen MR) is 116 cm³/mol. The van der Waals surface area contributed by atoms with E-state index in [-0.39, 0.29) is 11.2 Å². The third-order valence-corrected chi connectivity index (χ3v) is 5.14. The molecule has 0 unspecified atom stereocenters. The van der Waals surface area contributed by atoms with E-state index < -0.39 is 0 Å². The molecule has 0 saturated heterocycles. The molecule has 2 rings (SSSR count). The van der Waals surface area contributed by atoms with Crippen molar-refractivity contribution in [3.8, 4) is 0 Å². The number of aromatic nitrogens is 2. The summed E-state index contributed by atoms with van der Waals surface area (Å²) >= 11 is 0. The number of aryl methyl sites for hydroxylation is 1. The van der Waals surface area contributed by atoms with E-state index in [1.165, 1.54) is 10.1 Å². The highest BCUT2D eigenvalue weighted by Gasteiger charge is 2.10. The lowest BCUT2D eigenvalue weighted by Gasteiger charge is -2.22. The van der Waals surface area contributed by atoms with Gasteiger partial charge in [0.1, 0.15) is 0 Å². The van der Waals surface area contributed by atoms with Gasteiger partial charge in [0.2, 0.25) is 0 Å². The van der Waals surface area contributed by atoms with Crippen molar-refractivity contribution in [1.82, 2.24) is 14.0 Å². The number of rotatable bonds is 11. The smallest absolute Gasteiger partial charge is 0.331 e. The molecule has 1 heterocycles. The first-order chi connectivity index (χ1) is 13.5. The van der Waals surface area contributed by atoms with Gasteiger partial charge in [0.25, 0.3) is 5.56 Å². The van der Waals surface area contributed by atoms with Crippen molar-refractivity contribution < 1.29 is 0 Å². The lowest BCUT2D eigenvalue weighted by Crippen LogP contribution is -2.40. The molecule has 1 aromatic carbocycles. The minimum atomic E-state index is -0.194. The number of hydrogen-bond acceptors (Lipinski definition) is 4. The van der Waals surface area contributed by atoms with E-state index in [1.54, 1.807) is 10.6 Å². The summed E-state index contributed by atoms with van der Waals surface area (Å²) < 4.78 is 3.02. The fraction of sp³-hybridized carbons (Fsp3) is 0.545. The molecule has 0 aliphatic carbocycles. The second-order valence-electron chi connectivity index (χ2n) is 7.18. The quantitative estimate of drug-likeness (QED) is 0.602. The van der Waals surface area contributed by atoms with Crippen LogP contribution in [0.5, 0.6) is 0 Å². The summed E-state index contributed by atoms with van der Waals surface area (Å²) in [7, 11) is 0. The number of nitrogens with two attached hydrogens (primary N) is 1. The Morgan fingerprint density at radius 3 is 2.18 bits per heavy atom. The topological polar surface area (TPSA) is 73.3 Å². The van der Waals surface area contributed by atoms with Crippen LogP contribution in [0.25, 0.3) is 0 Å². The first kappa shape index (κ1) is 22.0. The highest BCUT2D eigenvalue weighted by atomic mass is 16.2. The van der Waals surface area contributed by atoms with Gasteiger partial charge in [0, 0.05) is 37.1 Å². The summed E-state index contributed by atoms with van der Waals surface area (Å²) in [5.74, 6) is 0. The summed E-state index contributed by atoms with van der Waals surface area (Å²) in [4.78, 5) is 27.1. The summed E-state index contributed by atoms with van der Waals surface area (Å²) in [6.45, 7) is 9.96. The zero-order chi connectivity index (χ0) is 20.5. The lowest BCUT2D eigenvalue weighted by molar-refractivity contribution is 0.273. The fourth-order valence-corrected chi connectivity index (χ4v) is 3.60. The van der Waals surface area contributed by atoms with Crippen LogP contribution in [0.3, 0.4) is 0 Å². The van der Waals surface area contributed by atoms with Crippen molar-refractivity contribution in [2.45, 2.75) is 59.5 Å². The second-order valence-corrected chi connectivity index (χ2v) is 7.18. The highest BCUT2D eigenvalue weighted by molar-refractivity contribution is 5.39. The summed E-state index contributed by atoms with van der Waals surface area (Å²) in [5, 5.41) is 0. The van der Waals surface area contributed by atoms with Gasteiger partial charge in [-0.1, -0.05) is 19.1 Å². The minimum absolute atomic E-state index is 0.193. The molecule has 2 N–H and O–H groups in total. The van der Waals surface area contributed by atoms with Gasteiger partial charge in [-0.15, -0.1) is 0 Å². The van der Waals surface area contributed by atoms with Gasteiger partial charge in [-0.3, -0.25) is 13.9 Å². The van der Waals surface area contributed by atoms with Gasteiger partial charge < -0.3 is 10.6 Å². The third kappa shape index (κ3) is 5.83. The van der Waals surface area contributed by atoms with E-state index in [4.69, 9.17) is 5.73 Å². The molecule has 0 radical (unpaired) electrons. The van der Waals surface area contributed by atoms with Gasteiger partial charge >= 0.3 is 5.69 Å². The molecule has 28 heavy (non-hydrogen) atoms. The van der Waals surface area contributed by atoms with Crippen LogP contribution in [-0.4, -0.2) is 33.7 Å². The molecule has 0 bridgehead atoms. The fourth-order valence-electron chi connectivity index (χ4n) is 3.60. The van der Waals surface area contributed by atoms with E-state index in [0.717, 1.165) is 56.7 Å². The Morgan fingerprint density at radius 2 is 1.57 bits per heavy atom. The maximum atomic E-state index is 12.5. The standard InChI is InChI=1S/C22H34N4O2/c1-4-14-24(16-13-18-9-11-19(23)12-10-18)15-7-8-20-17-21(27)26(6-3)22(28)25(20)5-2/h9-12,17H,4-8,13-16,23H2,1-3H3. The zero-order valence-electron chi connectivity index (χ0n) is 17.5. The normalized spacial score (nSPS) is 11.3. The van der Waals surface area contributed by atoms with Crippen LogP contribution in [0, 0.1) is 0 Å². The van der Waals surface area contributed by atoms with Crippen molar-refractivity contribution in [2.24, 2.45) is 0 Å². The molecule has 6 heteroatoms. The van der Waals surface area contributed by atoms with Crippen molar-refractivity contribution in [3.63, 3.8) is 0 Å². The van der Waals surface area contributed by atoms with Crippen LogP contribution in [0.15, 0.2) is 39.9 Å². The van der Waals surface area contributed by atoms with E-state index >= 15 is 0 Å². The minimum Gasteiger partial charge on any atom is -0.399 e. The van der Waals surface area contributed by atoms with Crippen molar-refractivity contribution in [3.05, 3.63) is 62.4 Å². The largest absolute Gasteiger partial charge is 0.399 e. The van der Waals surface area contributed by atoms with E-state index in [0.29, 0.717) is 13.1 Å². The molecule has 0 atom stereocenters. The van der Waals surface area contributed by atoms with Crippen LogP contribution >= 0.6 is 0 Å². The molecule has 0 aliphatic heterocycles. The molecule has 154 valence electrons. The molecule has 0 aliphatic rings. The Balaban J connectivity index is 1.97. The molecule has 1 aromatic heterocycles. The molecule has 0 spiro atoms. The van der Waals surface area contributed by atoms with Crippen LogP contribution < -0.4 is 17.0 Å². The van der Waals surface area contributed by atoms with Crippen LogP contribution in [0.1, 0.15) is 44.9 Å². The first-order valence-corrected chi connectivity index (χ1v) is 10.4. The number of anilines is 1. The predicted octanol–water partition coefficient (Wildman–Crippen LogP) is 2.52. The average molecular weight is 387 g/mol. The maximum Gasteiger partial charge on any atom is 0.331 e. The average Bonchev–Trinajstić information content (AvgIpc) is 2.67. The Labute approximate surface area is 167 Å². The molecule has 0 fully saturated rings. The molecule has 0 saturated carbocycles. The van der Waals surface area contributed by atoms with E-state index in [1.807, 2.05) is 26.0 Å². The van der Waals surface area contributed by atoms with Crippen LogP contribution in [0.4, 0.5) is 5.69 Å². The van der Waals surface area contributed by atoms with Gasteiger partial charge in [-0.25, -0.2) is 4.79 Å². The zero-order valence-corrected chi connectivity index (χ0v) is 17.5. The van der Waals surface area contributed by atoms with E-state index in [2.05, 4.69) is 24.0 Å². The van der Waals surface area contributed by atoms with Gasteiger partial charge in [0.05, 0.1) is 0 Å². The monoisotopic (exact) mass is 386 g/mol. The Hall–Kier alpha value is -2.34. The SMILES string of the molecule is CCCN(CCCc1cc(=O)n(CC)c(=O)n1CC)CCc1ccc(N)cc1. The lowest BCUT2D eigenvalue weighted by atomic mass is 10.1.